The largest absolute Gasteiger partial charge is 0.289 e. The standard InChI is InChI=1S/C17H13NO/c1-13-5-7-14(8-6-13)9-10-17(19)16-4-2-3-15(11-16)12-18/h2-11H,1H3/b10-9+. The molecular weight excluding hydrogens is 234 g/mol. The molecule has 0 fully saturated rings. The number of carbonyl (C=O) groups excluding carboxylic acids is 1. The quantitative estimate of drug-likeness (QED) is 0.612. The highest BCUT2D eigenvalue weighted by Crippen LogP contribution is 2.09. The maximum absolute atomic E-state index is 12.0. The number of hydrogen-bond acceptors (Lipinski definition) is 2. The van der Waals surface area contributed by atoms with Crippen molar-refractivity contribution in [1.82, 2.24) is 0 Å². The van der Waals surface area contributed by atoms with Gasteiger partial charge in [-0.2, -0.15) is 5.26 Å². The lowest BCUT2D eigenvalue weighted by molar-refractivity contribution is 0.104. The maximum Gasteiger partial charge on any atom is 0.185 e. The molecule has 0 unspecified atom stereocenters. The van der Waals surface area contributed by atoms with Gasteiger partial charge in [0.1, 0.15) is 0 Å². The molecule has 0 radical (unpaired) electrons. The van der Waals surface area contributed by atoms with Crippen LogP contribution < -0.4 is 0 Å². The van der Waals surface area contributed by atoms with Crippen LogP contribution in [0, 0.1) is 18.3 Å². The lowest BCUT2D eigenvalue weighted by Gasteiger charge is -1.97. The number of aryl methyl sites for hydroxylation is 1. The third-order valence-corrected chi connectivity index (χ3v) is 2.78. The number of rotatable bonds is 3. The number of carbonyl (C=O) groups is 1. The number of nitriles is 1. The summed E-state index contributed by atoms with van der Waals surface area (Å²) in [5.74, 6) is -0.0994. The molecule has 92 valence electrons. The van der Waals surface area contributed by atoms with Gasteiger partial charge in [0.2, 0.25) is 0 Å². The number of ketones is 1. The Labute approximate surface area is 112 Å². The molecule has 0 aliphatic heterocycles. The Balaban J connectivity index is 2.16. The second kappa shape index (κ2) is 5.79. The first-order chi connectivity index (χ1) is 9.19. The van der Waals surface area contributed by atoms with Crippen molar-refractivity contribution in [3.8, 4) is 6.07 Å². The van der Waals surface area contributed by atoms with Gasteiger partial charge in [-0.3, -0.25) is 4.79 Å². The van der Waals surface area contributed by atoms with Gasteiger partial charge in [-0.05, 0) is 30.7 Å². The van der Waals surface area contributed by atoms with Crippen molar-refractivity contribution >= 4 is 11.9 Å². The molecule has 0 bridgehead atoms. The van der Waals surface area contributed by atoms with E-state index >= 15 is 0 Å². The number of nitrogens with zero attached hydrogens (tertiary/aromatic N) is 1. The van der Waals surface area contributed by atoms with Crippen LogP contribution in [-0.2, 0) is 0 Å². The fourth-order valence-corrected chi connectivity index (χ4v) is 1.69. The predicted octanol–water partition coefficient (Wildman–Crippen LogP) is 3.76. The minimum atomic E-state index is -0.0994. The molecule has 0 saturated heterocycles. The molecule has 2 aromatic carbocycles. The van der Waals surface area contributed by atoms with Crippen LogP contribution >= 0.6 is 0 Å². The van der Waals surface area contributed by atoms with E-state index < -0.39 is 0 Å². The molecule has 0 heterocycles. The Morgan fingerprint density at radius 2 is 1.89 bits per heavy atom. The Bertz CT molecular complexity index is 660. The van der Waals surface area contributed by atoms with Gasteiger partial charge in [0, 0.05) is 5.56 Å². The summed E-state index contributed by atoms with van der Waals surface area (Å²) in [6.45, 7) is 2.02. The summed E-state index contributed by atoms with van der Waals surface area (Å²) in [4.78, 5) is 12.0. The number of benzene rings is 2. The topological polar surface area (TPSA) is 40.9 Å². The average Bonchev–Trinajstić information content (AvgIpc) is 2.46. The van der Waals surface area contributed by atoms with Crippen molar-refractivity contribution in [2.75, 3.05) is 0 Å². The zero-order valence-electron chi connectivity index (χ0n) is 10.6. The van der Waals surface area contributed by atoms with E-state index in [0.717, 1.165) is 5.56 Å². The second-order valence-corrected chi connectivity index (χ2v) is 4.30. The average molecular weight is 247 g/mol. The van der Waals surface area contributed by atoms with E-state index in [1.54, 1.807) is 30.3 Å². The molecule has 0 amide bonds. The Morgan fingerprint density at radius 1 is 1.16 bits per heavy atom. The molecule has 2 rings (SSSR count). The van der Waals surface area contributed by atoms with E-state index in [1.807, 2.05) is 37.3 Å². The summed E-state index contributed by atoms with van der Waals surface area (Å²) in [7, 11) is 0. The molecular formula is C17H13NO. The minimum absolute atomic E-state index is 0.0994. The highest BCUT2D eigenvalue weighted by atomic mass is 16.1. The van der Waals surface area contributed by atoms with Gasteiger partial charge in [0.15, 0.2) is 5.78 Å². The van der Waals surface area contributed by atoms with Gasteiger partial charge in [0.25, 0.3) is 0 Å². The Hall–Kier alpha value is -2.66. The number of hydrogen-bond donors (Lipinski definition) is 0. The highest BCUT2D eigenvalue weighted by Gasteiger charge is 2.02. The van der Waals surface area contributed by atoms with Gasteiger partial charge >= 0.3 is 0 Å². The van der Waals surface area contributed by atoms with Crippen LogP contribution in [0.15, 0.2) is 54.6 Å². The van der Waals surface area contributed by atoms with Crippen LogP contribution in [0.4, 0.5) is 0 Å². The summed E-state index contributed by atoms with van der Waals surface area (Å²) in [6, 6.07) is 16.7. The van der Waals surface area contributed by atoms with E-state index in [4.69, 9.17) is 5.26 Å². The summed E-state index contributed by atoms with van der Waals surface area (Å²) >= 11 is 0. The van der Waals surface area contributed by atoms with Crippen molar-refractivity contribution in [1.29, 1.82) is 5.26 Å². The van der Waals surface area contributed by atoms with Crippen LogP contribution in [0.3, 0.4) is 0 Å². The molecule has 2 aromatic rings. The predicted molar refractivity (Wildman–Crippen MR) is 75.7 cm³/mol. The van der Waals surface area contributed by atoms with Crippen LogP contribution in [0.25, 0.3) is 6.08 Å². The molecule has 19 heavy (non-hydrogen) atoms. The van der Waals surface area contributed by atoms with E-state index in [9.17, 15) is 4.79 Å². The third kappa shape index (κ3) is 3.40. The molecule has 2 heteroatoms. The van der Waals surface area contributed by atoms with Crippen molar-refractivity contribution in [3.63, 3.8) is 0 Å². The van der Waals surface area contributed by atoms with Crippen molar-refractivity contribution in [2.24, 2.45) is 0 Å². The summed E-state index contributed by atoms with van der Waals surface area (Å²) in [5, 5.41) is 8.80. The first-order valence-corrected chi connectivity index (χ1v) is 5.98. The minimum Gasteiger partial charge on any atom is -0.289 e. The normalized spacial score (nSPS) is 10.3. The SMILES string of the molecule is Cc1ccc(/C=C/C(=O)c2cccc(C#N)c2)cc1. The monoisotopic (exact) mass is 247 g/mol. The molecule has 0 aliphatic rings. The lowest BCUT2D eigenvalue weighted by Crippen LogP contribution is -1.94. The van der Waals surface area contributed by atoms with Crippen LogP contribution in [0.5, 0.6) is 0 Å². The lowest BCUT2D eigenvalue weighted by atomic mass is 10.1. The summed E-state index contributed by atoms with van der Waals surface area (Å²) in [6.07, 6.45) is 3.31. The molecule has 0 N–H and O–H groups in total. The molecule has 0 aliphatic carbocycles. The Morgan fingerprint density at radius 3 is 2.58 bits per heavy atom. The molecule has 2 nitrogen and oxygen atoms in total. The smallest absolute Gasteiger partial charge is 0.185 e. The fourth-order valence-electron chi connectivity index (χ4n) is 1.69. The molecule has 0 saturated carbocycles. The van der Waals surface area contributed by atoms with Crippen molar-refractivity contribution in [3.05, 3.63) is 76.9 Å². The van der Waals surface area contributed by atoms with E-state index in [0.29, 0.717) is 11.1 Å². The molecule has 0 aromatic heterocycles. The fraction of sp³-hybridized carbons (Fsp3) is 0.0588. The van der Waals surface area contributed by atoms with E-state index in [2.05, 4.69) is 0 Å². The first-order valence-electron chi connectivity index (χ1n) is 5.98. The van der Waals surface area contributed by atoms with Gasteiger partial charge in [-0.25, -0.2) is 0 Å². The second-order valence-electron chi connectivity index (χ2n) is 4.30. The van der Waals surface area contributed by atoms with Crippen LogP contribution in [-0.4, -0.2) is 5.78 Å². The Kier molecular flexibility index (Phi) is 3.90. The van der Waals surface area contributed by atoms with Gasteiger partial charge in [-0.1, -0.05) is 48.0 Å². The summed E-state index contributed by atoms with van der Waals surface area (Å²) < 4.78 is 0. The van der Waals surface area contributed by atoms with Gasteiger partial charge in [-0.15, -0.1) is 0 Å². The molecule has 0 spiro atoms. The summed E-state index contributed by atoms with van der Waals surface area (Å²) in [5.41, 5.74) is 3.19. The first kappa shape index (κ1) is 12.8. The van der Waals surface area contributed by atoms with Crippen molar-refractivity contribution < 1.29 is 4.79 Å². The van der Waals surface area contributed by atoms with E-state index in [-0.39, 0.29) is 5.78 Å². The zero-order valence-corrected chi connectivity index (χ0v) is 10.6. The van der Waals surface area contributed by atoms with Gasteiger partial charge in [0.05, 0.1) is 11.6 Å². The zero-order chi connectivity index (χ0) is 13.7. The van der Waals surface area contributed by atoms with Gasteiger partial charge < -0.3 is 0 Å². The highest BCUT2D eigenvalue weighted by molar-refractivity contribution is 6.06. The molecule has 0 atom stereocenters. The van der Waals surface area contributed by atoms with Crippen LogP contribution in [0.2, 0.25) is 0 Å². The third-order valence-electron chi connectivity index (χ3n) is 2.78. The maximum atomic E-state index is 12.0. The van der Waals surface area contributed by atoms with E-state index in [1.165, 1.54) is 11.6 Å². The van der Waals surface area contributed by atoms with Crippen molar-refractivity contribution in [2.45, 2.75) is 6.92 Å². The number of allylic oxidation sites excluding steroid dienone is 1. The van der Waals surface area contributed by atoms with Crippen LogP contribution in [0.1, 0.15) is 27.0 Å².